The van der Waals surface area contributed by atoms with E-state index in [0.717, 1.165) is 5.56 Å². The Morgan fingerprint density at radius 2 is 2.16 bits per heavy atom. The molecule has 0 atom stereocenters. The van der Waals surface area contributed by atoms with Gasteiger partial charge in [0.25, 0.3) is 0 Å². The first kappa shape index (κ1) is 12.4. The maximum Gasteiger partial charge on any atom is 0.349 e. The molecule has 19 heavy (non-hydrogen) atoms. The van der Waals surface area contributed by atoms with Gasteiger partial charge in [-0.15, -0.1) is 11.3 Å². The van der Waals surface area contributed by atoms with E-state index >= 15 is 0 Å². The van der Waals surface area contributed by atoms with Gasteiger partial charge in [0.2, 0.25) is 0 Å². The summed E-state index contributed by atoms with van der Waals surface area (Å²) in [7, 11) is 0. The van der Waals surface area contributed by atoms with Gasteiger partial charge in [0.15, 0.2) is 5.13 Å². The number of nitrogens with one attached hydrogen (secondary N) is 1. The topological polar surface area (TPSA) is 63.6 Å². The van der Waals surface area contributed by atoms with Crippen molar-refractivity contribution in [2.24, 2.45) is 0 Å². The van der Waals surface area contributed by atoms with Crippen LogP contribution < -0.4 is 5.69 Å². The van der Waals surface area contributed by atoms with Gasteiger partial charge in [0, 0.05) is 16.0 Å². The summed E-state index contributed by atoms with van der Waals surface area (Å²) in [5.41, 5.74) is 1.13. The average Bonchev–Trinajstić information content (AvgIpc) is 2.97. The minimum atomic E-state index is -0.330. The summed E-state index contributed by atoms with van der Waals surface area (Å²) in [5.74, 6) is 0. The van der Waals surface area contributed by atoms with E-state index in [4.69, 9.17) is 23.2 Å². The number of thiazole rings is 1. The molecule has 0 radical (unpaired) electrons. The Bertz CT molecular complexity index is 792. The van der Waals surface area contributed by atoms with Gasteiger partial charge >= 0.3 is 5.69 Å². The van der Waals surface area contributed by atoms with Crippen molar-refractivity contribution in [2.45, 2.75) is 0 Å². The predicted molar refractivity (Wildman–Crippen MR) is 75.3 cm³/mol. The average molecular weight is 313 g/mol. The molecule has 0 spiro atoms. The minimum absolute atomic E-state index is 0.330. The number of aromatic nitrogens is 4. The summed E-state index contributed by atoms with van der Waals surface area (Å²) >= 11 is 13.3. The Hall–Kier alpha value is -1.63. The van der Waals surface area contributed by atoms with E-state index in [1.807, 2.05) is 5.38 Å². The van der Waals surface area contributed by atoms with Crippen LogP contribution in [0.2, 0.25) is 10.0 Å². The number of halogens is 2. The van der Waals surface area contributed by atoms with Crippen molar-refractivity contribution in [1.82, 2.24) is 19.7 Å². The zero-order valence-corrected chi connectivity index (χ0v) is 11.6. The second-order valence-corrected chi connectivity index (χ2v) is 5.35. The number of nitrogens with zero attached hydrogens (tertiary/aromatic N) is 3. The fraction of sp³-hybridized carbons (Fsp3) is 0. The highest BCUT2D eigenvalue weighted by Gasteiger charge is 2.11. The molecule has 0 aliphatic heterocycles. The first-order valence-corrected chi connectivity index (χ1v) is 6.82. The van der Waals surface area contributed by atoms with E-state index < -0.39 is 0 Å². The molecular weight excluding hydrogens is 307 g/mol. The lowest BCUT2D eigenvalue weighted by Gasteiger charge is -2.00. The molecule has 5 nitrogen and oxygen atoms in total. The smallest absolute Gasteiger partial charge is 0.246 e. The van der Waals surface area contributed by atoms with Crippen LogP contribution in [0.1, 0.15) is 0 Å². The van der Waals surface area contributed by atoms with Crippen molar-refractivity contribution in [3.63, 3.8) is 0 Å². The number of H-pyrrole nitrogens is 1. The summed E-state index contributed by atoms with van der Waals surface area (Å²) in [5, 5.41) is 9.41. The van der Waals surface area contributed by atoms with Gasteiger partial charge in [-0.1, -0.05) is 23.2 Å². The number of benzene rings is 1. The minimum Gasteiger partial charge on any atom is -0.246 e. The van der Waals surface area contributed by atoms with Crippen molar-refractivity contribution in [2.75, 3.05) is 0 Å². The van der Waals surface area contributed by atoms with Gasteiger partial charge in [-0.25, -0.2) is 19.4 Å². The Balaban J connectivity index is 2.06. The summed E-state index contributed by atoms with van der Waals surface area (Å²) in [6.45, 7) is 0. The fourth-order valence-corrected chi connectivity index (χ4v) is 2.88. The molecule has 0 aliphatic rings. The van der Waals surface area contributed by atoms with Gasteiger partial charge in [0.05, 0.1) is 10.7 Å². The van der Waals surface area contributed by atoms with Crippen LogP contribution in [-0.4, -0.2) is 19.7 Å². The molecule has 0 saturated carbocycles. The molecule has 0 saturated heterocycles. The molecule has 2 heterocycles. The van der Waals surface area contributed by atoms with E-state index in [1.54, 1.807) is 18.2 Å². The Labute approximate surface area is 121 Å². The van der Waals surface area contributed by atoms with Crippen molar-refractivity contribution in [1.29, 1.82) is 0 Å². The van der Waals surface area contributed by atoms with Gasteiger partial charge in [-0.2, -0.15) is 5.10 Å². The van der Waals surface area contributed by atoms with Crippen molar-refractivity contribution < 1.29 is 0 Å². The normalized spacial score (nSPS) is 10.8. The molecule has 96 valence electrons. The Morgan fingerprint density at radius 3 is 2.84 bits per heavy atom. The lowest BCUT2D eigenvalue weighted by Crippen LogP contribution is -2.13. The molecule has 2 aromatic heterocycles. The summed E-state index contributed by atoms with van der Waals surface area (Å²) < 4.78 is 1.33. The molecule has 0 amide bonds. The van der Waals surface area contributed by atoms with Crippen LogP contribution in [0.15, 0.2) is 34.7 Å². The lowest BCUT2D eigenvalue weighted by molar-refractivity contribution is 0.969. The van der Waals surface area contributed by atoms with E-state index in [1.165, 1.54) is 22.2 Å². The second-order valence-electron chi connectivity index (χ2n) is 3.67. The van der Waals surface area contributed by atoms with E-state index in [2.05, 4.69) is 15.2 Å². The fourth-order valence-electron chi connectivity index (χ4n) is 1.58. The van der Waals surface area contributed by atoms with Gasteiger partial charge in [-0.3, -0.25) is 0 Å². The first-order chi connectivity index (χ1) is 9.15. The maximum atomic E-state index is 11.4. The maximum absolute atomic E-state index is 11.4. The molecule has 8 heteroatoms. The zero-order valence-electron chi connectivity index (χ0n) is 9.30. The number of aromatic amines is 1. The lowest BCUT2D eigenvalue weighted by atomic mass is 10.2. The first-order valence-electron chi connectivity index (χ1n) is 5.18. The highest BCUT2D eigenvalue weighted by Crippen LogP contribution is 2.31. The third kappa shape index (κ3) is 2.30. The molecule has 3 aromatic rings. The van der Waals surface area contributed by atoms with Crippen LogP contribution in [0.3, 0.4) is 0 Å². The van der Waals surface area contributed by atoms with E-state index in [9.17, 15) is 4.79 Å². The van der Waals surface area contributed by atoms with Crippen LogP contribution >= 0.6 is 34.5 Å². The molecule has 1 N–H and O–H groups in total. The molecule has 0 fully saturated rings. The Kier molecular flexibility index (Phi) is 3.14. The van der Waals surface area contributed by atoms with E-state index in [-0.39, 0.29) is 5.69 Å². The molecular formula is C11H6Cl2N4OS. The number of hydrogen-bond acceptors (Lipinski definition) is 4. The highest BCUT2D eigenvalue weighted by atomic mass is 35.5. The molecule has 1 aromatic carbocycles. The summed E-state index contributed by atoms with van der Waals surface area (Å²) in [4.78, 5) is 15.8. The molecule has 0 unspecified atom stereocenters. The summed E-state index contributed by atoms with van der Waals surface area (Å²) in [6.07, 6.45) is 1.38. The zero-order chi connectivity index (χ0) is 13.4. The van der Waals surface area contributed by atoms with Crippen LogP contribution in [-0.2, 0) is 0 Å². The van der Waals surface area contributed by atoms with Crippen molar-refractivity contribution in [3.05, 3.63) is 50.4 Å². The van der Waals surface area contributed by atoms with Crippen LogP contribution in [0.25, 0.3) is 16.4 Å². The van der Waals surface area contributed by atoms with Crippen LogP contribution in [0, 0.1) is 0 Å². The third-order valence-electron chi connectivity index (χ3n) is 2.46. The molecule has 0 bridgehead atoms. The quantitative estimate of drug-likeness (QED) is 0.791. The molecule has 0 aliphatic carbocycles. The van der Waals surface area contributed by atoms with Crippen molar-refractivity contribution >= 4 is 34.5 Å². The van der Waals surface area contributed by atoms with Gasteiger partial charge in [0.1, 0.15) is 6.33 Å². The largest absolute Gasteiger partial charge is 0.349 e. The SMILES string of the molecule is O=c1[nH]ncn1-c1nc(-c2ccc(Cl)cc2Cl)cs1. The summed E-state index contributed by atoms with van der Waals surface area (Å²) in [6, 6.07) is 5.19. The van der Waals surface area contributed by atoms with Gasteiger partial charge in [-0.05, 0) is 18.2 Å². The van der Waals surface area contributed by atoms with E-state index in [0.29, 0.717) is 20.9 Å². The van der Waals surface area contributed by atoms with Gasteiger partial charge < -0.3 is 0 Å². The second kappa shape index (κ2) is 4.80. The standard InChI is InChI=1S/C11H6Cl2N4OS/c12-6-1-2-7(8(13)3-6)9-4-19-11(15-9)17-5-14-16-10(17)18/h1-5H,(H,16,18). The number of rotatable bonds is 2. The van der Waals surface area contributed by atoms with Crippen molar-refractivity contribution in [3.8, 4) is 16.4 Å². The predicted octanol–water partition coefficient (Wildman–Crippen LogP) is 2.99. The third-order valence-corrected chi connectivity index (χ3v) is 3.85. The Morgan fingerprint density at radius 1 is 1.32 bits per heavy atom. The number of hydrogen-bond donors (Lipinski definition) is 1. The highest BCUT2D eigenvalue weighted by molar-refractivity contribution is 7.12. The van der Waals surface area contributed by atoms with Crippen LogP contribution in [0.4, 0.5) is 0 Å². The van der Waals surface area contributed by atoms with Crippen LogP contribution in [0.5, 0.6) is 0 Å². The monoisotopic (exact) mass is 312 g/mol. The molecule has 3 rings (SSSR count).